The number of hydrogen-bond donors (Lipinski definition) is 2. The van der Waals surface area contributed by atoms with Crippen molar-refractivity contribution in [3.8, 4) is 17.2 Å². The van der Waals surface area contributed by atoms with Gasteiger partial charge in [-0.1, -0.05) is 30.3 Å². The van der Waals surface area contributed by atoms with Gasteiger partial charge >= 0.3 is 0 Å². The van der Waals surface area contributed by atoms with Crippen molar-refractivity contribution in [1.29, 1.82) is 0 Å². The molecule has 2 aromatic carbocycles. The fourth-order valence-electron chi connectivity index (χ4n) is 2.32. The van der Waals surface area contributed by atoms with Crippen molar-refractivity contribution in [1.82, 2.24) is 0 Å². The van der Waals surface area contributed by atoms with Gasteiger partial charge in [-0.3, -0.25) is 0 Å². The predicted molar refractivity (Wildman–Crippen MR) is 96.2 cm³/mol. The van der Waals surface area contributed by atoms with E-state index in [4.69, 9.17) is 25.1 Å². The lowest BCUT2D eigenvalue weighted by molar-refractivity contribution is 0.269. The molecule has 0 aromatic heterocycles. The molecular weight excluding hydrogens is 330 g/mol. The van der Waals surface area contributed by atoms with Crippen LogP contribution in [0.25, 0.3) is 0 Å². The summed E-state index contributed by atoms with van der Waals surface area (Å²) < 4.78 is 16.6. The Balaban J connectivity index is 0.00000288. The molecule has 2 aromatic rings. The highest BCUT2D eigenvalue weighted by Gasteiger charge is 2.17. The molecule has 0 amide bonds. The van der Waals surface area contributed by atoms with Gasteiger partial charge in [-0.25, -0.2) is 0 Å². The van der Waals surface area contributed by atoms with E-state index in [9.17, 15) is 0 Å². The zero-order valence-corrected chi connectivity index (χ0v) is 14.7. The van der Waals surface area contributed by atoms with Crippen LogP contribution in [0.4, 0.5) is 0 Å². The van der Waals surface area contributed by atoms with Crippen molar-refractivity contribution in [2.75, 3.05) is 20.8 Å². The molecule has 0 heterocycles. The fourth-order valence-corrected chi connectivity index (χ4v) is 2.32. The number of rotatable bonds is 8. The largest absolute Gasteiger partial charge is 0.493 e. The standard InChI is InChI=1S/C18H23NO4.ClH/c1-21-17-10-14(15(19)8-9-20)16(11-18(17)22-2)23-12-13-6-4-3-5-7-13;/h3-7,10-11,15,20H,8-9,12,19H2,1-2H3;1H/t15-;/m0./s1. The molecule has 0 bridgehead atoms. The van der Waals surface area contributed by atoms with Crippen LogP contribution in [0.2, 0.25) is 0 Å². The van der Waals surface area contributed by atoms with Gasteiger partial charge in [-0.05, 0) is 18.1 Å². The van der Waals surface area contributed by atoms with Gasteiger partial charge in [0, 0.05) is 24.3 Å². The van der Waals surface area contributed by atoms with Crippen molar-refractivity contribution in [2.24, 2.45) is 5.73 Å². The lowest BCUT2D eigenvalue weighted by Gasteiger charge is -2.19. The highest BCUT2D eigenvalue weighted by molar-refractivity contribution is 5.85. The molecular formula is C18H24ClNO4. The highest BCUT2D eigenvalue weighted by Crippen LogP contribution is 2.38. The number of methoxy groups -OCH3 is 2. The topological polar surface area (TPSA) is 73.9 Å². The average Bonchev–Trinajstić information content (AvgIpc) is 2.60. The van der Waals surface area contributed by atoms with Crippen molar-refractivity contribution in [3.63, 3.8) is 0 Å². The summed E-state index contributed by atoms with van der Waals surface area (Å²) in [4.78, 5) is 0. The summed E-state index contributed by atoms with van der Waals surface area (Å²) in [6, 6.07) is 13.1. The second-order valence-electron chi connectivity index (χ2n) is 5.14. The van der Waals surface area contributed by atoms with E-state index in [0.717, 1.165) is 11.1 Å². The van der Waals surface area contributed by atoms with Crippen molar-refractivity contribution < 1.29 is 19.3 Å². The molecule has 24 heavy (non-hydrogen) atoms. The highest BCUT2D eigenvalue weighted by atomic mass is 35.5. The number of benzene rings is 2. The molecule has 2 rings (SSSR count). The zero-order chi connectivity index (χ0) is 16.7. The molecule has 0 aliphatic rings. The van der Waals surface area contributed by atoms with Crippen molar-refractivity contribution in [3.05, 3.63) is 53.6 Å². The van der Waals surface area contributed by atoms with Gasteiger partial charge in [0.2, 0.25) is 0 Å². The molecule has 0 radical (unpaired) electrons. The molecule has 0 saturated heterocycles. The smallest absolute Gasteiger partial charge is 0.164 e. The van der Waals surface area contributed by atoms with Gasteiger partial charge in [-0.15, -0.1) is 12.4 Å². The Hall–Kier alpha value is -1.95. The summed E-state index contributed by atoms with van der Waals surface area (Å²) in [5.74, 6) is 1.80. The van der Waals surface area contributed by atoms with E-state index in [1.54, 1.807) is 26.4 Å². The zero-order valence-electron chi connectivity index (χ0n) is 13.9. The van der Waals surface area contributed by atoms with E-state index in [0.29, 0.717) is 30.3 Å². The molecule has 0 aliphatic heterocycles. The Labute approximate surface area is 148 Å². The van der Waals surface area contributed by atoms with Gasteiger partial charge in [0.1, 0.15) is 12.4 Å². The summed E-state index contributed by atoms with van der Waals surface area (Å²) in [6.45, 7) is 0.433. The lowest BCUT2D eigenvalue weighted by Crippen LogP contribution is -2.14. The van der Waals surface area contributed by atoms with Crippen LogP contribution in [0.3, 0.4) is 0 Å². The number of hydrogen-bond acceptors (Lipinski definition) is 5. The Bertz CT molecular complexity index is 622. The van der Waals surface area contributed by atoms with Crippen molar-refractivity contribution in [2.45, 2.75) is 19.1 Å². The first-order chi connectivity index (χ1) is 11.2. The van der Waals surface area contributed by atoms with Gasteiger partial charge in [0.25, 0.3) is 0 Å². The normalized spacial score (nSPS) is 11.3. The average molecular weight is 354 g/mol. The van der Waals surface area contributed by atoms with E-state index in [1.807, 2.05) is 30.3 Å². The summed E-state index contributed by atoms with van der Waals surface area (Å²) >= 11 is 0. The quantitative estimate of drug-likeness (QED) is 0.762. The van der Waals surface area contributed by atoms with Crippen LogP contribution in [0.1, 0.15) is 23.6 Å². The van der Waals surface area contributed by atoms with Crippen LogP contribution in [-0.2, 0) is 6.61 Å². The first-order valence-corrected chi connectivity index (χ1v) is 7.48. The maximum Gasteiger partial charge on any atom is 0.164 e. The second kappa shape index (κ2) is 10.0. The number of aliphatic hydroxyl groups excluding tert-OH is 1. The molecule has 0 spiro atoms. The fraction of sp³-hybridized carbons (Fsp3) is 0.333. The number of ether oxygens (including phenoxy) is 3. The third-order valence-corrected chi connectivity index (χ3v) is 3.59. The van der Waals surface area contributed by atoms with Gasteiger partial charge in [0.15, 0.2) is 11.5 Å². The van der Waals surface area contributed by atoms with Crippen molar-refractivity contribution >= 4 is 12.4 Å². The third kappa shape index (κ3) is 5.03. The van der Waals surface area contributed by atoms with Crippen LogP contribution >= 0.6 is 12.4 Å². The van der Waals surface area contributed by atoms with Crippen LogP contribution in [0.5, 0.6) is 17.2 Å². The molecule has 0 unspecified atom stereocenters. The number of halogens is 1. The lowest BCUT2D eigenvalue weighted by atomic mass is 10.0. The second-order valence-corrected chi connectivity index (χ2v) is 5.14. The summed E-state index contributed by atoms with van der Waals surface area (Å²) in [5, 5.41) is 9.15. The van der Waals surface area contributed by atoms with E-state index in [2.05, 4.69) is 0 Å². The Kier molecular flexibility index (Phi) is 8.40. The molecule has 0 aliphatic carbocycles. The molecule has 1 atom stereocenters. The minimum atomic E-state index is -0.342. The van der Waals surface area contributed by atoms with Gasteiger partial charge in [0.05, 0.1) is 14.2 Å². The SMILES string of the molecule is COc1cc(OCc2ccccc2)c([C@@H](N)CCO)cc1OC.Cl. The van der Waals surface area contributed by atoms with E-state index < -0.39 is 0 Å². The Morgan fingerprint density at radius 1 is 1.00 bits per heavy atom. The van der Waals surface area contributed by atoms with Crippen LogP contribution in [-0.4, -0.2) is 25.9 Å². The van der Waals surface area contributed by atoms with E-state index in [-0.39, 0.29) is 25.1 Å². The molecule has 5 nitrogen and oxygen atoms in total. The van der Waals surface area contributed by atoms with Crippen LogP contribution in [0.15, 0.2) is 42.5 Å². The molecule has 6 heteroatoms. The van der Waals surface area contributed by atoms with Crippen LogP contribution in [0, 0.1) is 0 Å². The van der Waals surface area contributed by atoms with E-state index >= 15 is 0 Å². The monoisotopic (exact) mass is 353 g/mol. The first kappa shape index (κ1) is 20.1. The molecule has 0 saturated carbocycles. The number of nitrogens with two attached hydrogens (primary N) is 1. The van der Waals surface area contributed by atoms with Gasteiger partial charge < -0.3 is 25.1 Å². The Morgan fingerprint density at radius 2 is 1.62 bits per heavy atom. The maximum atomic E-state index is 9.15. The molecule has 3 N–H and O–H groups in total. The minimum Gasteiger partial charge on any atom is -0.493 e. The predicted octanol–water partition coefficient (Wildman–Crippen LogP) is 3.09. The first-order valence-electron chi connectivity index (χ1n) is 7.48. The maximum absolute atomic E-state index is 9.15. The molecule has 132 valence electrons. The third-order valence-electron chi connectivity index (χ3n) is 3.59. The summed E-state index contributed by atoms with van der Waals surface area (Å²) in [5.41, 5.74) is 8.00. The van der Waals surface area contributed by atoms with E-state index in [1.165, 1.54) is 0 Å². The van der Waals surface area contributed by atoms with Crippen LogP contribution < -0.4 is 19.9 Å². The summed E-state index contributed by atoms with van der Waals surface area (Å²) in [7, 11) is 3.15. The Morgan fingerprint density at radius 3 is 2.21 bits per heavy atom. The summed E-state index contributed by atoms with van der Waals surface area (Å²) in [6.07, 6.45) is 0.442. The molecule has 0 fully saturated rings. The van der Waals surface area contributed by atoms with Gasteiger partial charge in [-0.2, -0.15) is 0 Å². The number of aliphatic hydroxyl groups is 1. The minimum absolute atomic E-state index is 0.